The van der Waals surface area contributed by atoms with Gasteiger partial charge in [0, 0.05) is 29.2 Å². The molecule has 0 amide bonds. The second kappa shape index (κ2) is 9.40. The summed E-state index contributed by atoms with van der Waals surface area (Å²) in [5.41, 5.74) is 1.23. The monoisotopic (exact) mass is 429 g/mol. The molecule has 0 aliphatic carbocycles. The minimum atomic E-state index is 0.0580. The summed E-state index contributed by atoms with van der Waals surface area (Å²) in [6.07, 6.45) is 3.73. The summed E-state index contributed by atoms with van der Waals surface area (Å²) < 4.78 is 11.5. The molecule has 1 aliphatic heterocycles. The highest BCUT2D eigenvalue weighted by atomic mass is 32.1. The minimum absolute atomic E-state index is 0.0580. The highest BCUT2D eigenvalue weighted by Crippen LogP contribution is 2.29. The van der Waals surface area contributed by atoms with Gasteiger partial charge in [0.2, 0.25) is 0 Å². The van der Waals surface area contributed by atoms with E-state index in [2.05, 4.69) is 49.3 Å². The number of rotatable bonds is 7. The second-order valence-corrected chi connectivity index (χ2v) is 9.81. The van der Waals surface area contributed by atoms with Gasteiger partial charge in [-0.2, -0.15) is 0 Å². The summed E-state index contributed by atoms with van der Waals surface area (Å²) >= 11 is 5.90. The first kappa shape index (κ1) is 22.6. The third kappa shape index (κ3) is 6.22. The average Bonchev–Trinajstić information content (AvgIpc) is 3.13. The van der Waals surface area contributed by atoms with E-state index in [-0.39, 0.29) is 11.1 Å². The molecule has 1 aromatic heterocycles. The Morgan fingerprint density at radius 1 is 1.13 bits per heavy atom. The molecule has 2 N–H and O–H groups in total. The fraction of sp³-hybridized carbons (Fsp3) is 0.542. The van der Waals surface area contributed by atoms with Gasteiger partial charge in [0.05, 0.1) is 19.4 Å². The van der Waals surface area contributed by atoms with Crippen LogP contribution < -0.4 is 15.4 Å². The fourth-order valence-electron chi connectivity index (χ4n) is 4.62. The number of para-hydroxylation sites is 1. The summed E-state index contributed by atoms with van der Waals surface area (Å²) in [6.45, 7) is 12.9. The van der Waals surface area contributed by atoms with Crippen molar-refractivity contribution >= 4 is 17.3 Å². The van der Waals surface area contributed by atoms with Gasteiger partial charge in [0.25, 0.3) is 0 Å². The number of nitrogens with one attached hydrogen (secondary N) is 2. The number of furan rings is 1. The van der Waals surface area contributed by atoms with Crippen molar-refractivity contribution < 1.29 is 9.15 Å². The van der Waals surface area contributed by atoms with E-state index in [1.165, 1.54) is 0 Å². The molecule has 164 valence electrons. The van der Waals surface area contributed by atoms with Gasteiger partial charge in [0.1, 0.15) is 11.5 Å². The molecular formula is C24H35N3O2S. The zero-order valence-electron chi connectivity index (χ0n) is 18.8. The Hall–Kier alpha value is -2.05. The molecule has 0 bridgehead atoms. The smallest absolute Gasteiger partial charge is 0.169 e. The Balaban J connectivity index is 1.77. The maximum atomic E-state index is 5.90. The van der Waals surface area contributed by atoms with Crippen LogP contribution in [0.3, 0.4) is 0 Å². The van der Waals surface area contributed by atoms with Crippen molar-refractivity contribution in [2.24, 2.45) is 0 Å². The molecule has 1 aromatic carbocycles. The van der Waals surface area contributed by atoms with Crippen LogP contribution in [0, 0.1) is 0 Å². The molecule has 30 heavy (non-hydrogen) atoms. The van der Waals surface area contributed by atoms with E-state index in [0.717, 1.165) is 35.0 Å². The quantitative estimate of drug-likeness (QED) is 0.613. The predicted molar refractivity (Wildman–Crippen MR) is 126 cm³/mol. The van der Waals surface area contributed by atoms with Crippen molar-refractivity contribution in [1.29, 1.82) is 0 Å². The lowest BCUT2D eigenvalue weighted by Crippen LogP contribution is -2.62. The first-order chi connectivity index (χ1) is 14.2. The minimum Gasteiger partial charge on any atom is -0.494 e. The van der Waals surface area contributed by atoms with E-state index in [4.69, 9.17) is 21.4 Å². The van der Waals surface area contributed by atoms with Crippen LogP contribution in [-0.2, 0) is 13.1 Å². The zero-order chi connectivity index (χ0) is 21.8. The first-order valence-electron chi connectivity index (χ1n) is 10.8. The largest absolute Gasteiger partial charge is 0.494 e. The lowest BCUT2D eigenvalue weighted by Gasteiger charge is -2.47. The summed E-state index contributed by atoms with van der Waals surface area (Å²) in [7, 11) is 0. The molecule has 6 heteroatoms. The Bertz CT molecular complexity index is 817. The molecule has 2 heterocycles. The number of thiocarbonyl (C=S) groups is 1. The Kier molecular flexibility index (Phi) is 7.09. The number of hydrogen-bond acceptors (Lipinski definition) is 4. The number of hydrogen-bond donors (Lipinski definition) is 2. The van der Waals surface area contributed by atoms with Crippen LogP contribution in [0.4, 0.5) is 0 Å². The van der Waals surface area contributed by atoms with Crippen LogP contribution in [-0.4, -0.2) is 33.7 Å². The average molecular weight is 430 g/mol. The topological polar surface area (TPSA) is 49.7 Å². The molecule has 0 atom stereocenters. The Morgan fingerprint density at radius 2 is 1.83 bits per heavy atom. The summed E-state index contributed by atoms with van der Waals surface area (Å²) in [4.78, 5) is 2.16. The van der Waals surface area contributed by atoms with Crippen LogP contribution in [0.2, 0.25) is 0 Å². The SMILES string of the molecule is CCOc1ccccc1CN(Cc1ccco1)C(=S)NC1CC(C)(C)NC(C)(C)C1. The summed E-state index contributed by atoms with van der Waals surface area (Å²) in [5, 5.41) is 8.13. The van der Waals surface area contributed by atoms with Crippen LogP contribution in [0.1, 0.15) is 58.8 Å². The van der Waals surface area contributed by atoms with Crippen LogP contribution in [0.15, 0.2) is 47.1 Å². The Labute approximate surface area is 186 Å². The highest BCUT2D eigenvalue weighted by Gasteiger charge is 2.38. The first-order valence-corrected chi connectivity index (χ1v) is 11.2. The van der Waals surface area contributed by atoms with Crippen LogP contribution >= 0.6 is 12.2 Å². The summed E-state index contributed by atoms with van der Waals surface area (Å²) in [5.74, 6) is 1.79. The van der Waals surface area contributed by atoms with Crippen LogP contribution in [0.5, 0.6) is 5.75 Å². The summed E-state index contributed by atoms with van der Waals surface area (Å²) in [6, 6.07) is 12.4. The molecule has 5 nitrogen and oxygen atoms in total. The lowest BCUT2D eigenvalue weighted by atomic mass is 9.80. The third-order valence-corrected chi connectivity index (χ3v) is 5.74. The van der Waals surface area contributed by atoms with Crippen LogP contribution in [0.25, 0.3) is 0 Å². The molecule has 0 saturated carbocycles. The van der Waals surface area contributed by atoms with E-state index >= 15 is 0 Å². The van der Waals surface area contributed by atoms with Gasteiger partial charge in [-0.1, -0.05) is 18.2 Å². The van der Waals surface area contributed by atoms with E-state index in [1.54, 1.807) is 6.26 Å². The molecule has 1 aliphatic rings. The highest BCUT2D eigenvalue weighted by molar-refractivity contribution is 7.80. The van der Waals surface area contributed by atoms with Gasteiger partial charge in [0.15, 0.2) is 5.11 Å². The zero-order valence-corrected chi connectivity index (χ0v) is 19.6. The van der Waals surface area contributed by atoms with Gasteiger partial charge in [-0.15, -0.1) is 0 Å². The van der Waals surface area contributed by atoms with Crippen molar-refractivity contribution in [3.8, 4) is 5.75 Å². The van der Waals surface area contributed by atoms with Crippen molar-refractivity contribution in [2.75, 3.05) is 6.61 Å². The standard InChI is InChI=1S/C24H35N3O2S/c1-6-28-21-12-8-7-10-18(21)16-27(17-20-11-9-13-29-20)22(30)25-19-14-23(2,3)26-24(4,5)15-19/h7-13,19,26H,6,14-17H2,1-5H3,(H,25,30). The lowest BCUT2D eigenvalue weighted by molar-refractivity contribution is 0.153. The number of benzene rings is 1. The van der Waals surface area contributed by atoms with Gasteiger partial charge in [-0.05, 0) is 77.9 Å². The molecule has 1 fully saturated rings. The van der Waals surface area contributed by atoms with E-state index < -0.39 is 0 Å². The molecule has 3 rings (SSSR count). The molecule has 1 saturated heterocycles. The maximum absolute atomic E-state index is 5.90. The van der Waals surface area contributed by atoms with Gasteiger partial charge >= 0.3 is 0 Å². The van der Waals surface area contributed by atoms with E-state index in [1.807, 2.05) is 37.3 Å². The van der Waals surface area contributed by atoms with Crippen molar-refractivity contribution in [2.45, 2.75) is 77.7 Å². The molecule has 0 unspecified atom stereocenters. The van der Waals surface area contributed by atoms with Crippen molar-refractivity contribution in [3.63, 3.8) is 0 Å². The van der Waals surface area contributed by atoms with Crippen molar-refractivity contribution in [3.05, 3.63) is 54.0 Å². The van der Waals surface area contributed by atoms with Crippen molar-refractivity contribution in [1.82, 2.24) is 15.5 Å². The fourth-order valence-corrected chi connectivity index (χ4v) is 4.91. The molecule has 0 spiro atoms. The van der Waals surface area contributed by atoms with Gasteiger partial charge < -0.3 is 24.7 Å². The third-order valence-electron chi connectivity index (χ3n) is 5.37. The predicted octanol–water partition coefficient (Wildman–Crippen LogP) is 4.86. The molecule has 2 aromatic rings. The van der Waals surface area contributed by atoms with E-state index in [9.17, 15) is 0 Å². The number of piperidine rings is 1. The second-order valence-electron chi connectivity index (χ2n) is 9.42. The maximum Gasteiger partial charge on any atom is 0.169 e. The molecular weight excluding hydrogens is 394 g/mol. The Morgan fingerprint density at radius 3 is 2.47 bits per heavy atom. The number of nitrogens with zero attached hydrogens (tertiary/aromatic N) is 1. The molecule has 0 radical (unpaired) electrons. The number of ether oxygens (including phenoxy) is 1. The van der Waals surface area contributed by atoms with E-state index in [0.29, 0.717) is 25.7 Å². The normalized spacial score (nSPS) is 18.0. The van der Waals surface area contributed by atoms with Gasteiger partial charge in [-0.3, -0.25) is 0 Å². The van der Waals surface area contributed by atoms with Gasteiger partial charge in [-0.25, -0.2) is 0 Å².